The Kier molecular flexibility index (Phi) is 12.0. The number of aliphatic imine (C=N–C) groups is 1. The predicted octanol–water partition coefficient (Wildman–Crippen LogP) is 3.72. The number of nitrogens with zero attached hydrogens (tertiary/aromatic N) is 1. The molecule has 0 aromatic heterocycles. The highest BCUT2D eigenvalue weighted by molar-refractivity contribution is 5.94. The Morgan fingerprint density at radius 1 is 1.14 bits per heavy atom. The van der Waals surface area contributed by atoms with Gasteiger partial charge in [0.05, 0.1) is 12.6 Å². The molecule has 1 aromatic rings. The molecule has 0 radical (unpaired) electrons. The van der Waals surface area contributed by atoms with Gasteiger partial charge in [0.2, 0.25) is 0 Å². The van der Waals surface area contributed by atoms with Gasteiger partial charge in [-0.1, -0.05) is 32.9 Å². The van der Waals surface area contributed by atoms with Crippen LogP contribution in [0.25, 0.3) is 0 Å². The van der Waals surface area contributed by atoms with Gasteiger partial charge in [0.25, 0.3) is 5.91 Å². The molecule has 0 aliphatic rings. The molecule has 0 fully saturated rings. The van der Waals surface area contributed by atoms with E-state index in [0.717, 1.165) is 44.1 Å². The summed E-state index contributed by atoms with van der Waals surface area (Å²) in [5.41, 5.74) is 1.68. The van der Waals surface area contributed by atoms with E-state index < -0.39 is 0 Å². The highest BCUT2D eigenvalue weighted by Gasteiger charge is 2.13. The van der Waals surface area contributed by atoms with E-state index in [9.17, 15) is 4.79 Å². The van der Waals surface area contributed by atoms with Gasteiger partial charge in [0, 0.05) is 31.3 Å². The fourth-order valence-corrected chi connectivity index (χ4v) is 2.89. The van der Waals surface area contributed by atoms with Crippen LogP contribution in [0, 0.1) is 5.92 Å². The van der Waals surface area contributed by atoms with Crippen molar-refractivity contribution in [3.8, 4) is 0 Å². The smallest absolute Gasteiger partial charge is 0.251 e. The fourth-order valence-electron chi connectivity index (χ4n) is 2.89. The Hall–Kier alpha value is -2.08. The van der Waals surface area contributed by atoms with E-state index in [1.165, 1.54) is 0 Å². The van der Waals surface area contributed by atoms with Crippen LogP contribution < -0.4 is 16.0 Å². The summed E-state index contributed by atoms with van der Waals surface area (Å²) in [5.74, 6) is 1.23. The van der Waals surface area contributed by atoms with Gasteiger partial charge in [-0.15, -0.1) is 0 Å². The first-order valence-electron chi connectivity index (χ1n) is 10.9. The lowest BCUT2D eigenvalue weighted by atomic mass is 10.0. The molecule has 0 aliphatic heterocycles. The van der Waals surface area contributed by atoms with Gasteiger partial charge < -0.3 is 20.7 Å². The van der Waals surface area contributed by atoms with Crippen molar-refractivity contribution in [1.82, 2.24) is 16.0 Å². The number of hydrogen-bond acceptors (Lipinski definition) is 3. The lowest BCUT2D eigenvalue weighted by molar-refractivity contribution is 0.0258. The first kappa shape index (κ1) is 25.0. The molecule has 0 bridgehead atoms. The standard InChI is InChI=1S/C23H40N4O2/c1-7-18(6)27-22(28)20-12-10-11-19(15-20)16-26-23(24-8-2)25-14-13-21(17(4)5)29-9-3/h10-12,15,17-18,21H,7-9,13-14,16H2,1-6H3,(H,27,28)(H2,24,25,26). The molecule has 29 heavy (non-hydrogen) atoms. The lowest BCUT2D eigenvalue weighted by Gasteiger charge is -2.21. The highest BCUT2D eigenvalue weighted by Crippen LogP contribution is 2.10. The van der Waals surface area contributed by atoms with E-state index in [1.807, 2.05) is 45.0 Å². The SMILES string of the molecule is CCNC(=NCc1cccc(C(=O)NC(C)CC)c1)NCCC(OCC)C(C)C. The molecule has 2 unspecified atom stereocenters. The van der Waals surface area contributed by atoms with Crippen LogP contribution in [0.5, 0.6) is 0 Å². The van der Waals surface area contributed by atoms with Crippen LogP contribution in [0.15, 0.2) is 29.3 Å². The monoisotopic (exact) mass is 404 g/mol. The van der Waals surface area contributed by atoms with Gasteiger partial charge >= 0.3 is 0 Å². The molecule has 0 spiro atoms. The Bertz CT molecular complexity index is 631. The Balaban J connectivity index is 2.68. The fraction of sp³-hybridized carbons (Fsp3) is 0.652. The summed E-state index contributed by atoms with van der Waals surface area (Å²) in [6, 6.07) is 7.83. The molecule has 6 nitrogen and oxygen atoms in total. The number of amides is 1. The van der Waals surface area contributed by atoms with Crippen molar-refractivity contribution in [3.63, 3.8) is 0 Å². The summed E-state index contributed by atoms with van der Waals surface area (Å²) in [4.78, 5) is 17.0. The normalized spacial score (nSPS) is 13.8. The van der Waals surface area contributed by atoms with Gasteiger partial charge in [-0.05, 0) is 57.2 Å². The van der Waals surface area contributed by atoms with Crippen LogP contribution in [-0.4, -0.2) is 43.7 Å². The second-order valence-corrected chi connectivity index (χ2v) is 7.63. The van der Waals surface area contributed by atoms with Gasteiger partial charge in [-0.25, -0.2) is 4.99 Å². The number of hydrogen-bond donors (Lipinski definition) is 3. The molecule has 3 N–H and O–H groups in total. The number of carbonyl (C=O) groups is 1. The van der Waals surface area contributed by atoms with E-state index >= 15 is 0 Å². The Labute approximate surface area is 176 Å². The minimum absolute atomic E-state index is 0.0362. The van der Waals surface area contributed by atoms with E-state index in [-0.39, 0.29) is 18.1 Å². The first-order valence-corrected chi connectivity index (χ1v) is 10.9. The molecule has 2 atom stereocenters. The predicted molar refractivity (Wildman–Crippen MR) is 121 cm³/mol. The second kappa shape index (κ2) is 14.0. The molecule has 0 heterocycles. The molecule has 1 rings (SSSR count). The van der Waals surface area contributed by atoms with Crippen LogP contribution in [0.4, 0.5) is 0 Å². The summed E-state index contributed by atoms with van der Waals surface area (Å²) < 4.78 is 5.81. The maximum Gasteiger partial charge on any atom is 0.251 e. The Morgan fingerprint density at radius 2 is 1.90 bits per heavy atom. The molecule has 0 saturated heterocycles. The number of nitrogens with one attached hydrogen (secondary N) is 3. The summed E-state index contributed by atoms with van der Waals surface area (Å²) >= 11 is 0. The van der Waals surface area contributed by atoms with Crippen molar-refractivity contribution in [2.24, 2.45) is 10.9 Å². The van der Waals surface area contributed by atoms with Crippen molar-refractivity contribution in [1.29, 1.82) is 0 Å². The van der Waals surface area contributed by atoms with E-state index in [4.69, 9.17) is 4.74 Å². The maximum absolute atomic E-state index is 12.3. The Morgan fingerprint density at radius 3 is 2.52 bits per heavy atom. The maximum atomic E-state index is 12.3. The van der Waals surface area contributed by atoms with Gasteiger partial charge in [0.15, 0.2) is 5.96 Å². The van der Waals surface area contributed by atoms with Crippen LogP contribution in [0.3, 0.4) is 0 Å². The topological polar surface area (TPSA) is 74.8 Å². The number of guanidine groups is 1. The van der Waals surface area contributed by atoms with E-state index in [1.54, 1.807) is 0 Å². The van der Waals surface area contributed by atoms with Crippen molar-refractivity contribution < 1.29 is 9.53 Å². The third-order valence-corrected chi connectivity index (χ3v) is 4.79. The van der Waals surface area contributed by atoms with Gasteiger partial charge in [-0.2, -0.15) is 0 Å². The lowest BCUT2D eigenvalue weighted by Crippen LogP contribution is -2.39. The number of carbonyl (C=O) groups excluding carboxylic acids is 1. The van der Waals surface area contributed by atoms with Crippen molar-refractivity contribution in [3.05, 3.63) is 35.4 Å². The van der Waals surface area contributed by atoms with E-state index in [0.29, 0.717) is 18.0 Å². The number of rotatable bonds is 12. The van der Waals surface area contributed by atoms with Crippen LogP contribution >= 0.6 is 0 Å². The molecule has 0 aliphatic carbocycles. The average Bonchev–Trinajstić information content (AvgIpc) is 2.71. The van der Waals surface area contributed by atoms with Crippen molar-refractivity contribution in [2.45, 2.75) is 73.1 Å². The number of ether oxygens (including phenoxy) is 1. The molecular formula is C23H40N4O2. The third-order valence-electron chi connectivity index (χ3n) is 4.79. The van der Waals surface area contributed by atoms with Gasteiger partial charge in [-0.3, -0.25) is 4.79 Å². The summed E-state index contributed by atoms with van der Waals surface area (Å²) in [6.07, 6.45) is 2.09. The summed E-state index contributed by atoms with van der Waals surface area (Å²) in [6.45, 7) is 15.4. The molecule has 164 valence electrons. The average molecular weight is 405 g/mol. The van der Waals surface area contributed by atoms with Crippen molar-refractivity contribution >= 4 is 11.9 Å². The third kappa shape index (κ3) is 9.79. The minimum Gasteiger partial charge on any atom is -0.378 e. The van der Waals surface area contributed by atoms with Crippen LogP contribution in [-0.2, 0) is 11.3 Å². The van der Waals surface area contributed by atoms with Crippen LogP contribution in [0.1, 0.15) is 70.3 Å². The number of benzene rings is 1. The largest absolute Gasteiger partial charge is 0.378 e. The zero-order chi connectivity index (χ0) is 21.6. The zero-order valence-electron chi connectivity index (χ0n) is 19.0. The molecular weight excluding hydrogens is 364 g/mol. The van der Waals surface area contributed by atoms with Crippen molar-refractivity contribution in [2.75, 3.05) is 19.7 Å². The molecule has 0 saturated carbocycles. The summed E-state index contributed by atoms with van der Waals surface area (Å²) in [5, 5.41) is 9.67. The first-order chi connectivity index (χ1) is 13.9. The molecule has 1 aromatic carbocycles. The molecule has 1 amide bonds. The molecule has 6 heteroatoms. The minimum atomic E-state index is -0.0362. The second-order valence-electron chi connectivity index (χ2n) is 7.63. The summed E-state index contributed by atoms with van der Waals surface area (Å²) in [7, 11) is 0. The van der Waals surface area contributed by atoms with Crippen LogP contribution in [0.2, 0.25) is 0 Å². The highest BCUT2D eigenvalue weighted by atomic mass is 16.5. The quantitative estimate of drug-likeness (QED) is 0.367. The van der Waals surface area contributed by atoms with E-state index in [2.05, 4.69) is 41.7 Å². The zero-order valence-corrected chi connectivity index (χ0v) is 19.0. The van der Waals surface area contributed by atoms with Gasteiger partial charge in [0.1, 0.15) is 0 Å².